The molecule has 0 spiro atoms. The van der Waals surface area contributed by atoms with Gasteiger partial charge in [0.05, 0.1) is 6.61 Å². The number of amides is 1. The standard InChI is InChI=1S/C24H32F3N7O2/c1-17-15-18(33-12-10-32(2)11-13-33)5-6-20(17)30-22-29-16-19(24(25,26)27)21(31-22)28-7-3-8-34-9-4-14-36-23(34)35/h5-6,15-16H,3-4,7-14H2,1-2H3,(H2,28,29,30,31). The summed E-state index contributed by atoms with van der Waals surface area (Å²) >= 11 is 0. The Morgan fingerprint density at radius 1 is 1.14 bits per heavy atom. The topological polar surface area (TPSA) is 85.9 Å². The number of anilines is 4. The van der Waals surface area contributed by atoms with Crippen molar-refractivity contribution < 1.29 is 22.7 Å². The van der Waals surface area contributed by atoms with Gasteiger partial charge in [0.25, 0.3) is 0 Å². The predicted molar refractivity (Wildman–Crippen MR) is 132 cm³/mol. The summed E-state index contributed by atoms with van der Waals surface area (Å²) in [5, 5.41) is 5.82. The van der Waals surface area contributed by atoms with Crippen LogP contribution >= 0.6 is 0 Å². The van der Waals surface area contributed by atoms with E-state index < -0.39 is 11.7 Å². The van der Waals surface area contributed by atoms with Crippen LogP contribution in [0.4, 0.5) is 41.1 Å². The first-order valence-electron chi connectivity index (χ1n) is 12.1. The number of piperazine rings is 1. The zero-order valence-corrected chi connectivity index (χ0v) is 20.6. The van der Waals surface area contributed by atoms with Crippen LogP contribution in [0.5, 0.6) is 0 Å². The number of cyclic esters (lactones) is 1. The molecule has 0 atom stereocenters. The van der Waals surface area contributed by atoms with E-state index >= 15 is 0 Å². The average molecular weight is 508 g/mol. The minimum atomic E-state index is -4.60. The number of hydrogen-bond donors (Lipinski definition) is 2. The zero-order valence-electron chi connectivity index (χ0n) is 20.6. The Labute approximate surface area is 208 Å². The van der Waals surface area contributed by atoms with E-state index in [1.54, 1.807) is 4.90 Å². The van der Waals surface area contributed by atoms with Gasteiger partial charge in [0.2, 0.25) is 5.95 Å². The van der Waals surface area contributed by atoms with Crippen LogP contribution in [-0.4, -0.2) is 85.3 Å². The molecule has 2 N–H and O–H groups in total. The summed E-state index contributed by atoms with van der Waals surface area (Å²) < 4.78 is 45.6. The number of alkyl halides is 3. The van der Waals surface area contributed by atoms with Gasteiger partial charge in [0, 0.05) is 63.4 Å². The van der Waals surface area contributed by atoms with E-state index in [0.29, 0.717) is 26.1 Å². The monoisotopic (exact) mass is 507 g/mol. The highest BCUT2D eigenvalue weighted by molar-refractivity contribution is 5.68. The van der Waals surface area contributed by atoms with Crippen molar-refractivity contribution in [2.24, 2.45) is 0 Å². The van der Waals surface area contributed by atoms with Gasteiger partial charge in [0.1, 0.15) is 11.4 Å². The molecule has 3 heterocycles. The van der Waals surface area contributed by atoms with Crippen LogP contribution in [0.15, 0.2) is 24.4 Å². The summed E-state index contributed by atoms with van der Waals surface area (Å²) in [5.74, 6) is -0.228. The Balaban J connectivity index is 1.42. The van der Waals surface area contributed by atoms with Crippen LogP contribution in [0, 0.1) is 6.92 Å². The molecule has 0 bridgehead atoms. The van der Waals surface area contributed by atoms with E-state index in [1.807, 2.05) is 19.1 Å². The average Bonchev–Trinajstić information content (AvgIpc) is 2.84. The van der Waals surface area contributed by atoms with Crippen LogP contribution in [0.3, 0.4) is 0 Å². The van der Waals surface area contributed by atoms with Gasteiger partial charge in [-0.25, -0.2) is 9.78 Å². The zero-order chi connectivity index (χ0) is 25.7. The fourth-order valence-corrected chi connectivity index (χ4v) is 4.23. The van der Waals surface area contributed by atoms with Crippen molar-refractivity contribution in [2.45, 2.75) is 25.9 Å². The lowest BCUT2D eigenvalue weighted by atomic mass is 10.1. The first-order chi connectivity index (χ1) is 17.2. The summed E-state index contributed by atoms with van der Waals surface area (Å²) in [6, 6.07) is 5.95. The second-order valence-electron chi connectivity index (χ2n) is 9.10. The minimum Gasteiger partial charge on any atom is -0.449 e. The number of hydrogen-bond acceptors (Lipinski definition) is 8. The van der Waals surface area contributed by atoms with Crippen LogP contribution in [-0.2, 0) is 10.9 Å². The van der Waals surface area contributed by atoms with E-state index in [1.165, 1.54) is 0 Å². The second kappa shape index (κ2) is 11.2. The Hall–Kier alpha value is -3.28. The lowest BCUT2D eigenvalue weighted by molar-refractivity contribution is -0.137. The van der Waals surface area contributed by atoms with Gasteiger partial charge in [-0.3, -0.25) is 0 Å². The number of aryl methyl sites for hydroxylation is 1. The maximum absolute atomic E-state index is 13.6. The number of ether oxygens (including phenoxy) is 1. The fraction of sp³-hybridized carbons (Fsp3) is 0.542. The molecule has 0 aliphatic carbocycles. The fourth-order valence-electron chi connectivity index (χ4n) is 4.23. The number of likely N-dealkylation sites (N-methyl/N-ethyl adjacent to an activating group) is 1. The molecule has 9 nitrogen and oxygen atoms in total. The van der Waals surface area contributed by atoms with Crippen LogP contribution in [0.1, 0.15) is 24.0 Å². The SMILES string of the molecule is Cc1cc(N2CCN(C)CC2)ccc1Nc1ncc(C(F)(F)F)c(NCCCN2CCCOC2=O)n1. The molecule has 1 amide bonds. The highest BCUT2D eigenvalue weighted by atomic mass is 19.4. The van der Waals surface area contributed by atoms with E-state index in [0.717, 1.165) is 55.7 Å². The lowest BCUT2D eigenvalue weighted by Crippen LogP contribution is -2.44. The molecule has 2 aliphatic heterocycles. The summed E-state index contributed by atoms with van der Waals surface area (Å²) in [5.41, 5.74) is 1.84. The molecule has 1 aromatic heterocycles. The Bertz CT molecular complexity index is 1060. The molecule has 0 unspecified atom stereocenters. The van der Waals surface area contributed by atoms with Crippen molar-refractivity contribution >= 4 is 29.2 Å². The van der Waals surface area contributed by atoms with Gasteiger partial charge in [-0.05, 0) is 50.6 Å². The summed E-state index contributed by atoms with van der Waals surface area (Å²) in [4.78, 5) is 25.9. The Kier molecular flexibility index (Phi) is 8.02. The third-order valence-corrected chi connectivity index (χ3v) is 6.37. The van der Waals surface area contributed by atoms with Gasteiger partial charge < -0.3 is 30.1 Å². The van der Waals surface area contributed by atoms with Gasteiger partial charge >= 0.3 is 12.3 Å². The van der Waals surface area contributed by atoms with E-state index in [4.69, 9.17) is 4.74 Å². The van der Waals surface area contributed by atoms with Crippen molar-refractivity contribution in [3.05, 3.63) is 35.5 Å². The molecule has 0 saturated carbocycles. The maximum Gasteiger partial charge on any atom is 0.421 e. The van der Waals surface area contributed by atoms with Gasteiger partial charge in [-0.2, -0.15) is 18.2 Å². The summed E-state index contributed by atoms with van der Waals surface area (Å²) in [6.07, 6.45) is -3.01. The van der Waals surface area contributed by atoms with Crippen molar-refractivity contribution in [2.75, 3.05) is 75.0 Å². The number of carbonyl (C=O) groups is 1. The molecule has 12 heteroatoms. The smallest absolute Gasteiger partial charge is 0.421 e. The minimum absolute atomic E-state index is 0.0700. The second-order valence-corrected chi connectivity index (χ2v) is 9.10. The number of halogens is 3. The third kappa shape index (κ3) is 6.48. The molecule has 2 aromatic rings. The van der Waals surface area contributed by atoms with E-state index in [9.17, 15) is 18.0 Å². The van der Waals surface area contributed by atoms with E-state index in [-0.39, 0.29) is 24.4 Å². The van der Waals surface area contributed by atoms with E-state index in [2.05, 4.69) is 43.5 Å². The molecule has 4 rings (SSSR count). The highest BCUT2D eigenvalue weighted by Gasteiger charge is 2.35. The Morgan fingerprint density at radius 2 is 1.92 bits per heavy atom. The first kappa shape index (κ1) is 25.8. The lowest BCUT2D eigenvalue weighted by Gasteiger charge is -2.34. The Morgan fingerprint density at radius 3 is 2.61 bits per heavy atom. The van der Waals surface area contributed by atoms with Gasteiger partial charge in [-0.15, -0.1) is 0 Å². The van der Waals surface area contributed by atoms with Gasteiger partial charge in [0.15, 0.2) is 0 Å². The van der Waals surface area contributed by atoms with Crippen molar-refractivity contribution in [3.8, 4) is 0 Å². The van der Waals surface area contributed by atoms with Crippen LogP contribution < -0.4 is 15.5 Å². The van der Waals surface area contributed by atoms with Crippen molar-refractivity contribution in [3.63, 3.8) is 0 Å². The number of nitrogens with one attached hydrogen (secondary N) is 2. The number of rotatable bonds is 8. The van der Waals surface area contributed by atoms with Gasteiger partial charge in [-0.1, -0.05) is 0 Å². The predicted octanol–water partition coefficient (Wildman–Crippen LogP) is 3.94. The summed E-state index contributed by atoms with van der Waals surface area (Å²) in [7, 11) is 2.10. The molecule has 0 radical (unpaired) electrons. The largest absolute Gasteiger partial charge is 0.449 e. The number of aromatic nitrogens is 2. The molecule has 2 aliphatic rings. The number of benzene rings is 1. The number of carbonyl (C=O) groups excluding carboxylic acids is 1. The first-order valence-corrected chi connectivity index (χ1v) is 12.1. The molecule has 36 heavy (non-hydrogen) atoms. The highest BCUT2D eigenvalue weighted by Crippen LogP contribution is 2.34. The van der Waals surface area contributed by atoms with Crippen LogP contribution in [0.25, 0.3) is 0 Å². The number of nitrogens with zero attached hydrogens (tertiary/aromatic N) is 5. The molecule has 196 valence electrons. The molecule has 2 saturated heterocycles. The molecular formula is C24H32F3N7O2. The molecular weight excluding hydrogens is 475 g/mol. The van der Waals surface area contributed by atoms with Crippen molar-refractivity contribution in [1.29, 1.82) is 0 Å². The normalized spacial score (nSPS) is 17.2. The van der Waals surface area contributed by atoms with Crippen molar-refractivity contribution in [1.82, 2.24) is 19.8 Å². The molecule has 1 aromatic carbocycles. The summed E-state index contributed by atoms with van der Waals surface area (Å²) in [6.45, 7) is 7.41. The maximum atomic E-state index is 13.6. The third-order valence-electron chi connectivity index (χ3n) is 6.37. The molecule has 2 fully saturated rings. The van der Waals surface area contributed by atoms with Crippen LogP contribution in [0.2, 0.25) is 0 Å². The quantitative estimate of drug-likeness (QED) is 0.520.